The highest BCUT2D eigenvalue weighted by Crippen LogP contribution is 2.38. The molecule has 4 rings (SSSR count). The van der Waals surface area contributed by atoms with E-state index in [0.29, 0.717) is 11.4 Å². The van der Waals surface area contributed by atoms with E-state index in [1.54, 1.807) is 24.3 Å². The molecule has 1 fully saturated rings. The number of halogens is 1. The van der Waals surface area contributed by atoms with Gasteiger partial charge in [-0.1, -0.05) is 15.9 Å². The number of carbonyl (C=O) groups excluding carboxylic acids is 3. The Morgan fingerprint density at radius 3 is 2.17 bits per heavy atom. The third kappa shape index (κ3) is 3.01. The predicted octanol–water partition coefficient (Wildman–Crippen LogP) is 2.68. The molecule has 10 heteroatoms. The summed E-state index contributed by atoms with van der Waals surface area (Å²) < 4.78 is 0.791. The number of Topliss-reactive ketones (excluding diaryl/α,β-unsaturated/α-hetero) is 1. The van der Waals surface area contributed by atoms with Gasteiger partial charge in [0.2, 0.25) is 5.91 Å². The summed E-state index contributed by atoms with van der Waals surface area (Å²) in [6.07, 6.45) is 0. The van der Waals surface area contributed by atoms with Gasteiger partial charge in [0.1, 0.15) is 17.7 Å². The minimum absolute atomic E-state index is 0.00804. The second-order valence-corrected chi connectivity index (χ2v) is 7.49. The molecule has 0 saturated carbocycles. The number of rotatable bonds is 4. The van der Waals surface area contributed by atoms with Gasteiger partial charge in [-0.15, -0.1) is 0 Å². The Morgan fingerprint density at radius 1 is 1.03 bits per heavy atom. The average Bonchev–Trinajstić information content (AvgIpc) is 3.20. The maximum atomic E-state index is 13.2. The molecule has 146 valence electrons. The van der Waals surface area contributed by atoms with Crippen LogP contribution in [0.5, 0.6) is 0 Å². The molecule has 0 spiro atoms. The maximum absolute atomic E-state index is 13.2. The zero-order valence-electron chi connectivity index (χ0n) is 15.0. The van der Waals surface area contributed by atoms with Crippen molar-refractivity contribution in [3.63, 3.8) is 0 Å². The van der Waals surface area contributed by atoms with Gasteiger partial charge >= 0.3 is 0 Å². The minimum atomic E-state index is -1.03. The molecule has 2 atom stereocenters. The van der Waals surface area contributed by atoms with Gasteiger partial charge in [-0.2, -0.15) is 5.10 Å². The Morgan fingerprint density at radius 2 is 1.62 bits per heavy atom. The molecule has 9 nitrogen and oxygen atoms in total. The van der Waals surface area contributed by atoms with Gasteiger partial charge in [-0.25, -0.2) is 4.90 Å². The topological polar surface area (TPSA) is 113 Å². The van der Waals surface area contributed by atoms with Crippen molar-refractivity contribution >= 4 is 56.3 Å². The number of anilines is 2. The minimum Gasteiger partial charge on any atom is -0.293 e. The smallest absolute Gasteiger partial charge is 0.269 e. The van der Waals surface area contributed by atoms with Crippen LogP contribution in [0.1, 0.15) is 6.92 Å². The first kappa shape index (κ1) is 18.9. The molecule has 0 aromatic heterocycles. The summed E-state index contributed by atoms with van der Waals surface area (Å²) in [5.41, 5.74) is 0.640. The molecule has 2 heterocycles. The van der Waals surface area contributed by atoms with Crippen LogP contribution in [0.25, 0.3) is 0 Å². The monoisotopic (exact) mass is 456 g/mol. The molecular weight excluding hydrogens is 444 g/mol. The van der Waals surface area contributed by atoms with E-state index in [9.17, 15) is 24.5 Å². The number of benzene rings is 2. The molecule has 2 aliphatic rings. The molecule has 2 aliphatic heterocycles. The highest BCUT2D eigenvalue weighted by Gasteiger charge is 2.58. The van der Waals surface area contributed by atoms with Crippen LogP contribution in [0.15, 0.2) is 58.1 Å². The van der Waals surface area contributed by atoms with Crippen molar-refractivity contribution in [2.45, 2.75) is 13.0 Å². The first-order chi connectivity index (χ1) is 13.8. The van der Waals surface area contributed by atoms with Gasteiger partial charge in [0.15, 0.2) is 5.78 Å². The molecule has 2 amide bonds. The van der Waals surface area contributed by atoms with Crippen molar-refractivity contribution in [2.24, 2.45) is 11.0 Å². The molecule has 29 heavy (non-hydrogen) atoms. The fourth-order valence-electron chi connectivity index (χ4n) is 3.49. The summed E-state index contributed by atoms with van der Waals surface area (Å²) in [7, 11) is 0. The van der Waals surface area contributed by atoms with Gasteiger partial charge in [-0.3, -0.25) is 29.5 Å². The highest BCUT2D eigenvalue weighted by atomic mass is 79.9. The van der Waals surface area contributed by atoms with E-state index in [1.807, 2.05) is 0 Å². The van der Waals surface area contributed by atoms with Crippen molar-refractivity contribution in [3.8, 4) is 0 Å². The molecule has 0 aliphatic carbocycles. The Bertz CT molecular complexity index is 1080. The summed E-state index contributed by atoms with van der Waals surface area (Å²) in [5.74, 6) is -2.48. The lowest BCUT2D eigenvalue weighted by molar-refractivity contribution is -0.384. The number of fused-ring (bicyclic) bond motifs is 1. The number of nitro benzene ring substituents is 1. The number of non-ortho nitro benzene ring substituents is 1. The average molecular weight is 457 g/mol. The van der Waals surface area contributed by atoms with Crippen LogP contribution in [-0.2, 0) is 14.4 Å². The van der Waals surface area contributed by atoms with Gasteiger partial charge in [0.05, 0.1) is 16.3 Å². The van der Waals surface area contributed by atoms with Crippen LogP contribution in [0.2, 0.25) is 0 Å². The quantitative estimate of drug-likeness (QED) is 0.396. The molecule has 0 unspecified atom stereocenters. The lowest BCUT2D eigenvalue weighted by Gasteiger charge is -2.22. The number of nitrogens with zero attached hydrogens (tertiary/aromatic N) is 4. The molecule has 0 N–H and O–H groups in total. The molecule has 2 aromatic rings. The van der Waals surface area contributed by atoms with Crippen LogP contribution < -0.4 is 9.91 Å². The number of ketones is 1. The molecule has 1 saturated heterocycles. The predicted molar refractivity (Wildman–Crippen MR) is 108 cm³/mol. The zero-order chi connectivity index (χ0) is 20.9. The lowest BCUT2D eigenvalue weighted by atomic mass is 9.95. The lowest BCUT2D eigenvalue weighted by Crippen LogP contribution is -2.39. The van der Waals surface area contributed by atoms with Crippen molar-refractivity contribution in [1.82, 2.24) is 0 Å². The van der Waals surface area contributed by atoms with Crippen molar-refractivity contribution in [2.75, 3.05) is 9.91 Å². The summed E-state index contributed by atoms with van der Waals surface area (Å²) in [6, 6.07) is 11.1. The second kappa shape index (κ2) is 6.89. The summed E-state index contributed by atoms with van der Waals surface area (Å²) in [5, 5.41) is 16.4. The normalized spacial score (nSPS) is 20.7. The van der Waals surface area contributed by atoms with Gasteiger partial charge in [0, 0.05) is 23.5 Å². The zero-order valence-corrected chi connectivity index (χ0v) is 16.6. The summed E-state index contributed by atoms with van der Waals surface area (Å²) in [4.78, 5) is 49.7. The fraction of sp³-hybridized carbons (Fsp3) is 0.158. The Kier molecular flexibility index (Phi) is 4.50. The standard InChI is InChI=1S/C19H13BrN4O5/c1-10(25)16-15-17(23(21-16)13-6-8-14(9-7-13)24(28)29)19(27)22(18(15)26)12-4-2-11(20)3-5-12/h2-9,15,17H,1H3/t15-,17+/m1/s1. The van der Waals surface area contributed by atoms with Crippen molar-refractivity contribution < 1.29 is 19.3 Å². The summed E-state index contributed by atoms with van der Waals surface area (Å²) in [6.45, 7) is 1.29. The first-order valence-corrected chi connectivity index (χ1v) is 9.35. The molecule has 0 radical (unpaired) electrons. The van der Waals surface area contributed by atoms with Gasteiger partial charge in [-0.05, 0) is 36.4 Å². The fourth-order valence-corrected chi connectivity index (χ4v) is 3.75. The van der Waals surface area contributed by atoms with Crippen LogP contribution in [0, 0.1) is 16.0 Å². The number of imide groups is 1. The van der Waals surface area contributed by atoms with Gasteiger partial charge in [0.25, 0.3) is 11.6 Å². The van der Waals surface area contributed by atoms with E-state index >= 15 is 0 Å². The molecular formula is C19H13BrN4O5. The number of carbonyl (C=O) groups is 3. The largest absolute Gasteiger partial charge is 0.293 e. The molecule has 2 aromatic carbocycles. The highest BCUT2D eigenvalue weighted by molar-refractivity contribution is 9.10. The van der Waals surface area contributed by atoms with E-state index in [0.717, 1.165) is 9.37 Å². The van der Waals surface area contributed by atoms with Crippen LogP contribution >= 0.6 is 15.9 Å². The van der Waals surface area contributed by atoms with Crippen LogP contribution in [0.4, 0.5) is 17.1 Å². The second-order valence-electron chi connectivity index (χ2n) is 6.57. The first-order valence-electron chi connectivity index (χ1n) is 8.56. The maximum Gasteiger partial charge on any atom is 0.269 e. The van der Waals surface area contributed by atoms with Crippen LogP contribution in [-0.4, -0.2) is 34.3 Å². The van der Waals surface area contributed by atoms with Crippen LogP contribution in [0.3, 0.4) is 0 Å². The van der Waals surface area contributed by atoms with E-state index in [1.165, 1.54) is 36.2 Å². The number of amides is 2. The number of nitro groups is 1. The number of hydrogen-bond acceptors (Lipinski definition) is 7. The Labute approximate surface area is 172 Å². The van der Waals surface area contributed by atoms with E-state index in [4.69, 9.17) is 0 Å². The summed E-state index contributed by atoms with van der Waals surface area (Å²) >= 11 is 3.31. The Balaban J connectivity index is 1.76. The van der Waals surface area contributed by atoms with E-state index < -0.39 is 34.5 Å². The molecule has 0 bridgehead atoms. The van der Waals surface area contributed by atoms with E-state index in [2.05, 4.69) is 21.0 Å². The van der Waals surface area contributed by atoms with Crippen molar-refractivity contribution in [3.05, 3.63) is 63.1 Å². The van der Waals surface area contributed by atoms with Crippen molar-refractivity contribution in [1.29, 1.82) is 0 Å². The third-order valence-electron chi connectivity index (χ3n) is 4.82. The van der Waals surface area contributed by atoms with E-state index in [-0.39, 0.29) is 11.4 Å². The van der Waals surface area contributed by atoms with Gasteiger partial charge < -0.3 is 0 Å². The number of hydrazone groups is 1. The SMILES string of the molecule is CC(=O)C1=NN(c2ccc([N+](=O)[O-])cc2)[C@@H]2C(=O)N(c3ccc(Br)cc3)C(=O)[C@H]12. The Hall–Kier alpha value is -3.40. The number of hydrogen-bond donors (Lipinski definition) is 0. The third-order valence-corrected chi connectivity index (χ3v) is 5.35.